The van der Waals surface area contributed by atoms with Crippen LogP contribution in [0.4, 0.5) is 10.1 Å². The van der Waals surface area contributed by atoms with Crippen LogP contribution >= 0.6 is 0 Å². The number of aliphatic carboxylic acids is 1. The molecule has 0 saturated carbocycles. The predicted octanol–water partition coefficient (Wildman–Crippen LogP) is 1.57. The summed E-state index contributed by atoms with van der Waals surface area (Å²) in [5, 5.41) is 21.7. The number of nitrogens with zero attached hydrogens (tertiary/aromatic N) is 1. The average Bonchev–Trinajstić information content (AvgIpc) is 2.37. The van der Waals surface area contributed by atoms with Crippen LogP contribution in [0.25, 0.3) is 0 Å². The lowest BCUT2D eigenvalue weighted by atomic mass is 10.1. The molecule has 1 aromatic carbocycles. The van der Waals surface area contributed by atoms with Crippen LogP contribution in [0.3, 0.4) is 0 Å². The standard InChI is InChI=1S/C12H13FN2O5/c1-7(12(17)18)4-5-14-11(16)9-6-8(13)2-3-10(9)15(19)20/h2-3,6-7H,4-5H2,1H3,(H,14,16)(H,17,18). The molecule has 108 valence electrons. The Morgan fingerprint density at radius 2 is 2.15 bits per heavy atom. The molecule has 1 unspecified atom stereocenters. The Morgan fingerprint density at radius 1 is 1.50 bits per heavy atom. The Hall–Kier alpha value is -2.51. The monoisotopic (exact) mass is 284 g/mol. The fourth-order valence-electron chi connectivity index (χ4n) is 1.47. The van der Waals surface area contributed by atoms with Gasteiger partial charge in [-0.2, -0.15) is 0 Å². The van der Waals surface area contributed by atoms with Gasteiger partial charge in [0.15, 0.2) is 0 Å². The molecule has 1 amide bonds. The van der Waals surface area contributed by atoms with E-state index in [0.717, 1.165) is 18.2 Å². The van der Waals surface area contributed by atoms with Crippen molar-refractivity contribution in [1.29, 1.82) is 0 Å². The molecule has 0 bridgehead atoms. The third-order valence-electron chi connectivity index (χ3n) is 2.68. The second kappa shape index (κ2) is 6.60. The van der Waals surface area contributed by atoms with Crippen LogP contribution in [0.1, 0.15) is 23.7 Å². The number of amides is 1. The van der Waals surface area contributed by atoms with Crippen molar-refractivity contribution in [3.63, 3.8) is 0 Å². The Bertz CT molecular complexity index is 547. The van der Waals surface area contributed by atoms with E-state index in [9.17, 15) is 24.1 Å². The van der Waals surface area contributed by atoms with Gasteiger partial charge in [0.05, 0.1) is 10.8 Å². The lowest BCUT2D eigenvalue weighted by Crippen LogP contribution is -2.27. The molecule has 1 atom stereocenters. The fourth-order valence-corrected chi connectivity index (χ4v) is 1.47. The van der Waals surface area contributed by atoms with E-state index >= 15 is 0 Å². The number of nitro benzene ring substituents is 1. The molecule has 0 aromatic heterocycles. The van der Waals surface area contributed by atoms with Gasteiger partial charge in [-0.05, 0) is 18.6 Å². The van der Waals surface area contributed by atoms with Crippen molar-refractivity contribution < 1.29 is 24.0 Å². The quantitative estimate of drug-likeness (QED) is 0.608. The summed E-state index contributed by atoms with van der Waals surface area (Å²) >= 11 is 0. The molecule has 8 heteroatoms. The summed E-state index contributed by atoms with van der Waals surface area (Å²) in [5.74, 6) is -3.23. The van der Waals surface area contributed by atoms with Crippen molar-refractivity contribution in [3.05, 3.63) is 39.7 Å². The number of carbonyl (C=O) groups is 2. The highest BCUT2D eigenvalue weighted by Gasteiger charge is 2.21. The number of hydrogen-bond acceptors (Lipinski definition) is 4. The smallest absolute Gasteiger partial charge is 0.306 e. The van der Waals surface area contributed by atoms with Crippen LogP contribution in [0.15, 0.2) is 18.2 Å². The molecule has 0 radical (unpaired) electrons. The number of rotatable bonds is 6. The van der Waals surface area contributed by atoms with Crippen LogP contribution in [0.2, 0.25) is 0 Å². The van der Waals surface area contributed by atoms with Gasteiger partial charge >= 0.3 is 5.97 Å². The summed E-state index contributed by atoms with van der Waals surface area (Å²) in [7, 11) is 0. The minimum atomic E-state index is -1.00. The average molecular weight is 284 g/mol. The van der Waals surface area contributed by atoms with Gasteiger partial charge in [0.1, 0.15) is 11.4 Å². The molecular weight excluding hydrogens is 271 g/mol. The van der Waals surface area contributed by atoms with Crippen molar-refractivity contribution in [2.75, 3.05) is 6.54 Å². The number of carbonyl (C=O) groups excluding carboxylic acids is 1. The molecule has 0 aliphatic rings. The SMILES string of the molecule is CC(CCNC(=O)c1cc(F)ccc1[N+](=O)[O-])C(=O)O. The Morgan fingerprint density at radius 3 is 2.70 bits per heavy atom. The van der Waals surface area contributed by atoms with E-state index in [-0.39, 0.29) is 13.0 Å². The summed E-state index contributed by atoms with van der Waals surface area (Å²) in [6, 6.07) is 2.57. The highest BCUT2D eigenvalue weighted by Crippen LogP contribution is 2.19. The Balaban J connectivity index is 2.75. The molecule has 20 heavy (non-hydrogen) atoms. The maximum absolute atomic E-state index is 13.0. The molecule has 2 N–H and O–H groups in total. The first-order valence-corrected chi connectivity index (χ1v) is 5.78. The van der Waals surface area contributed by atoms with Crippen LogP contribution in [0.5, 0.6) is 0 Å². The first-order chi connectivity index (χ1) is 9.32. The van der Waals surface area contributed by atoms with Crippen LogP contribution in [-0.4, -0.2) is 28.5 Å². The second-order valence-electron chi connectivity index (χ2n) is 4.20. The van der Waals surface area contributed by atoms with Crippen LogP contribution in [-0.2, 0) is 4.79 Å². The Labute approximate surface area is 113 Å². The normalized spacial score (nSPS) is 11.7. The number of carboxylic acids is 1. The number of nitrogens with one attached hydrogen (secondary N) is 1. The molecule has 0 aliphatic heterocycles. The van der Waals surface area contributed by atoms with E-state index in [4.69, 9.17) is 5.11 Å². The minimum Gasteiger partial charge on any atom is -0.481 e. The molecule has 0 saturated heterocycles. The van der Waals surface area contributed by atoms with Crippen LogP contribution in [0, 0.1) is 21.8 Å². The maximum atomic E-state index is 13.0. The van der Waals surface area contributed by atoms with Gasteiger partial charge in [-0.1, -0.05) is 6.92 Å². The van der Waals surface area contributed by atoms with Gasteiger partial charge in [0, 0.05) is 12.6 Å². The van der Waals surface area contributed by atoms with E-state index in [0.29, 0.717) is 0 Å². The summed E-state index contributed by atoms with van der Waals surface area (Å²) in [6.07, 6.45) is 0.171. The van der Waals surface area contributed by atoms with Crippen molar-refractivity contribution >= 4 is 17.6 Å². The van der Waals surface area contributed by atoms with E-state index in [2.05, 4.69) is 5.32 Å². The Kier molecular flexibility index (Phi) is 5.13. The molecule has 1 aromatic rings. The number of hydrogen-bond donors (Lipinski definition) is 2. The van der Waals surface area contributed by atoms with E-state index in [1.165, 1.54) is 6.92 Å². The largest absolute Gasteiger partial charge is 0.481 e. The third-order valence-corrected chi connectivity index (χ3v) is 2.68. The number of benzene rings is 1. The zero-order valence-electron chi connectivity index (χ0n) is 10.6. The fraction of sp³-hybridized carbons (Fsp3) is 0.333. The van der Waals surface area contributed by atoms with Crippen molar-refractivity contribution in [2.24, 2.45) is 5.92 Å². The highest BCUT2D eigenvalue weighted by molar-refractivity contribution is 5.98. The number of carboxylic acid groups (broad SMARTS) is 1. The molecule has 1 rings (SSSR count). The summed E-state index contributed by atoms with van der Waals surface area (Å²) in [4.78, 5) is 32.3. The van der Waals surface area contributed by atoms with Gasteiger partial charge in [0.25, 0.3) is 11.6 Å². The molecule has 7 nitrogen and oxygen atoms in total. The van der Waals surface area contributed by atoms with E-state index in [1.54, 1.807) is 0 Å². The molecule has 0 heterocycles. The third kappa shape index (κ3) is 4.01. The van der Waals surface area contributed by atoms with Crippen molar-refractivity contribution in [1.82, 2.24) is 5.32 Å². The lowest BCUT2D eigenvalue weighted by Gasteiger charge is -2.08. The lowest BCUT2D eigenvalue weighted by molar-refractivity contribution is -0.385. The van der Waals surface area contributed by atoms with E-state index < -0.39 is 39.8 Å². The van der Waals surface area contributed by atoms with Gasteiger partial charge in [-0.3, -0.25) is 19.7 Å². The molecule has 0 aliphatic carbocycles. The van der Waals surface area contributed by atoms with Gasteiger partial charge < -0.3 is 10.4 Å². The molecule has 0 fully saturated rings. The number of halogens is 1. The summed E-state index contributed by atoms with van der Waals surface area (Å²) < 4.78 is 13.0. The second-order valence-corrected chi connectivity index (χ2v) is 4.20. The molecular formula is C12H13FN2O5. The first kappa shape index (κ1) is 15.5. The van der Waals surface area contributed by atoms with Crippen LogP contribution < -0.4 is 5.32 Å². The summed E-state index contributed by atoms with van der Waals surface area (Å²) in [6.45, 7) is 1.50. The summed E-state index contributed by atoms with van der Waals surface area (Å²) in [5.41, 5.74) is -0.895. The van der Waals surface area contributed by atoms with Gasteiger partial charge in [-0.15, -0.1) is 0 Å². The van der Waals surface area contributed by atoms with Crippen molar-refractivity contribution in [2.45, 2.75) is 13.3 Å². The molecule has 0 spiro atoms. The van der Waals surface area contributed by atoms with Crippen molar-refractivity contribution in [3.8, 4) is 0 Å². The van der Waals surface area contributed by atoms with E-state index in [1.807, 2.05) is 0 Å². The minimum absolute atomic E-state index is 0.0277. The first-order valence-electron chi connectivity index (χ1n) is 5.78. The number of nitro groups is 1. The highest BCUT2D eigenvalue weighted by atomic mass is 19.1. The predicted molar refractivity (Wildman–Crippen MR) is 66.8 cm³/mol. The van der Waals surface area contributed by atoms with Gasteiger partial charge in [0.2, 0.25) is 0 Å². The zero-order chi connectivity index (χ0) is 15.3. The van der Waals surface area contributed by atoms with Gasteiger partial charge in [-0.25, -0.2) is 4.39 Å². The topological polar surface area (TPSA) is 110 Å². The maximum Gasteiger partial charge on any atom is 0.306 e. The zero-order valence-corrected chi connectivity index (χ0v) is 10.6.